The van der Waals surface area contributed by atoms with Gasteiger partial charge in [0.05, 0.1) is 18.3 Å². The number of nitrogens with zero attached hydrogens (tertiary/aromatic N) is 1. The molecule has 1 aromatic heterocycles. The fourth-order valence-corrected chi connectivity index (χ4v) is 1.31. The fraction of sp³-hybridized carbons (Fsp3) is 0.545. The molecule has 0 amide bonds. The molecule has 0 fully saturated rings. The van der Waals surface area contributed by atoms with Crippen molar-refractivity contribution in [2.75, 3.05) is 25.6 Å². The standard InChI is InChI=1S/C11H15F3N2O2/c1-18-7-9(17)4-5-15-10-3-2-8(6-16-10)11(12,13)14/h2-3,6,9,17H,4-5,7H2,1H3,(H,15,16). The van der Waals surface area contributed by atoms with E-state index in [0.717, 1.165) is 12.3 Å². The van der Waals surface area contributed by atoms with Gasteiger partial charge in [-0.15, -0.1) is 0 Å². The number of anilines is 1. The Kier molecular flexibility index (Phi) is 5.36. The van der Waals surface area contributed by atoms with Gasteiger partial charge >= 0.3 is 6.18 Å². The second kappa shape index (κ2) is 6.55. The number of nitrogens with one attached hydrogen (secondary N) is 1. The summed E-state index contributed by atoms with van der Waals surface area (Å²) in [6, 6.07) is 2.21. The van der Waals surface area contributed by atoms with E-state index < -0.39 is 17.8 Å². The molecule has 18 heavy (non-hydrogen) atoms. The zero-order valence-electron chi connectivity index (χ0n) is 9.87. The molecule has 7 heteroatoms. The number of hydrogen-bond acceptors (Lipinski definition) is 4. The zero-order chi connectivity index (χ0) is 13.6. The molecule has 1 heterocycles. The van der Waals surface area contributed by atoms with Gasteiger partial charge in [0.25, 0.3) is 0 Å². The van der Waals surface area contributed by atoms with Crippen molar-refractivity contribution < 1.29 is 23.0 Å². The number of halogens is 3. The van der Waals surface area contributed by atoms with Crippen molar-refractivity contribution >= 4 is 5.82 Å². The SMILES string of the molecule is COCC(O)CCNc1ccc(C(F)(F)F)cn1. The Morgan fingerprint density at radius 2 is 2.17 bits per heavy atom. The van der Waals surface area contributed by atoms with E-state index in [4.69, 9.17) is 4.74 Å². The summed E-state index contributed by atoms with van der Waals surface area (Å²) in [5, 5.41) is 12.2. The second-order valence-electron chi connectivity index (χ2n) is 3.75. The van der Waals surface area contributed by atoms with Crippen LogP contribution in [-0.4, -0.2) is 36.5 Å². The Morgan fingerprint density at radius 3 is 2.67 bits per heavy atom. The van der Waals surface area contributed by atoms with Gasteiger partial charge in [-0.05, 0) is 18.6 Å². The molecule has 0 bridgehead atoms. The highest BCUT2D eigenvalue weighted by atomic mass is 19.4. The van der Waals surface area contributed by atoms with E-state index >= 15 is 0 Å². The number of aliphatic hydroxyl groups is 1. The van der Waals surface area contributed by atoms with Crippen molar-refractivity contribution in [1.82, 2.24) is 4.98 Å². The van der Waals surface area contributed by atoms with Crippen LogP contribution in [0, 0.1) is 0 Å². The number of methoxy groups -OCH3 is 1. The summed E-state index contributed by atoms with van der Waals surface area (Å²) in [6.45, 7) is 0.630. The Hall–Kier alpha value is -1.34. The molecule has 0 spiro atoms. The summed E-state index contributed by atoms with van der Waals surface area (Å²) in [6.07, 6.45) is -3.78. The highest BCUT2D eigenvalue weighted by molar-refractivity contribution is 5.35. The van der Waals surface area contributed by atoms with Gasteiger partial charge in [-0.25, -0.2) is 4.98 Å². The average molecular weight is 264 g/mol. The first-order chi connectivity index (χ1) is 8.43. The molecule has 0 saturated heterocycles. The Bertz CT molecular complexity index is 354. The quantitative estimate of drug-likeness (QED) is 0.824. The Balaban J connectivity index is 2.40. The molecular formula is C11H15F3N2O2. The van der Waals surface area contributed by atoms with E-state index in [1.54, 1.807) is 0 Å². The van der Waals surface area contributed by atoms with Crippen molar-refractivity contribution in [3.63, 3.8) is 0 Å². The maximum atomic E-state index is 12.3. The first-order valence-corrected chi connectivity index (χ1v) is 5.37. The third-order valence-electron chi connectivity index (χ3n) is 2.23. The topological polar surface area (TPSA) is 54.4 Å². The highest BCUT2D eigenvalue weighted by Gasteiger charge is 2.30. The second-order valence-corrected chi connectivity index (χ2v) is 3.75. The number of ether oxygens (including phenoxy) is 1. The van der Waals surface area contributed by atoms with E-state index in [1.807, 2.05) is 0 Å². The smallest absolute Gasteiger partial charge is 0.391 e. The summed E-state index contributed by atoms with van der Waals surface area (Å²) in [5.41, 5.74) is -0.785. The van der Waals surface area contributed by atoms with Crippen LogP contribution in [0.2, 0.25) is 0 Å². The number of alkyl halides is 3. The van der Waals surface area contributed by atoms with Crippen LogP contribution in [0.4, 0.5) is 19.0 Å². The van der Waals surface area contributed by atoms with Crippen molar-refractivity contribution in [1.29, 1.82) is 0 Å². The lowest BCUT2D eigenvalue weighted by Gasteiger charge is -2.11. The molecule has 1 atom stereocenters. The van der Waals surface area contributed by atoms with Crippen LogP contribution in [-0.2, 0) is 10.9 Å². The number of aliphatic hydroxyl groups excluding tert-OH is 1. The molecule has 0 radical (unpaired) electrons. The number of hydrogen-bond donors (Lipinski definition) is 2. The lowest BCUT2D eigenvalue weighted by Crippen LogP contribution is -2.18. The van der Waals surface area contributed by atoms with Crippen LogP contribution < -0.4 is 5.32 Å². The lowest BCUT2D eigenvalue weighted by atomic mass is 10.2. The highest BCUT2D eigenvalue weighted by Crippen LogP contribution is 2.28. The molecule has 1 rings (SSSR count). The zero-order valence-corrected chi connectivity index (χ0v) is 9.87. The van der Waals surface area contributed by atoms with Crippen molar-refractivity contribution in [2.45, 2.75) is 18.7 Å². The molecule has 1 unspecified atom stereocenters. The summed E-state index contributed by atoms with van der Waals surface area (Å²) in [4.78, 5) is 3.64. The van der Waals surface area contributed by atoms with Crippen LogP contribution >= 0.6 is 0 Å². The molecule has 0 saturated carbocycles. The number of rotatable bonds is 6. The summed E-state index contributed by atoms with van der Waals surface area (Å²) in [5.74, 6) is 0.340. The van der Waals surface area contributed by atoms with Gasteiger partial charge in [-0.1, -0.05) is 0 Å². The normalized spacial score (nSPS) is 13.4. The molecule has 0 aliphatic rings. The maximum Gasteiger partial charge on any atom is 0.417 e. The average Bonchev–Trinajstić information content (AvgIpc) is 2.29. The number of aromatic nitrogens is 1. The predicted molar refractivity (Wildman–Crippen MR) is 60.2 cm³/mol. The van der Waals surface area contributed by atoms with Crippen LogP contribution in [0.25, 0.3) is 0 Å². The maximum absolute atomic E-state index is 12.3. The van der Waals surface area contributed by atoms with Crippen molar-refractivity contribution in [3.8, 4) is 0 Å². The van der Waals surface area contributed by atoms with Crippen molar-refractivity contribution in [3.05, 3.63) is 23.9 Å². The molecule has 2 N–H and O–H groups in total. The summed E-state index contributed by atoms with van der Waals surface area (Å²) in [7, 11) is 1.48. The van der Waals surface area contributed by atoms with E-state index in [2.05, 4.69) is 10.3 Å². The summed E-state index contributed by atoms with van der Waals surface area (Å²) >= 11 is 0. The van der Waals surface area contributed by atoms with E-state index in [9.17, 15) is 18.3 Å². The number of pyridine rings is 1. The predicted octanol–water partition coefficient (Wildman–Crippen LogP) is 1.91. The van der Waals surface area contributed by atoms with Crippen LogP contribution in [0.3, 0.4) is 0 Å². The van der Waals surface area contributed by atoms with Gasteiger partial charge in [0.15, 0.2) is 0 Å². The molecular weight excluding hydrogens is 249 g/mol. The van der Waals surface area contributed by atoms with Gasteiger partial charge in [0.2, 0.25) is 0 Å². The van der Waals surface area contributed by atoms with E-state index in [1.165, 1.54) is 13.2 Å². The van der Waals surface area contributed by atoms with Gasteiger partial charge in [-0.3, -0.25) is 0 Å². The molecule has 1 aromatic rings. The van der Waals surface area contributed by atoms with Crippen LogP contribution in [0.1, 0.15) is 12.0 Å². The Labute approximate surface area is 103 Å². The molecule has 4 nitrogen and oxygen atoms in total. The minimum atomic E-state index is -4.37. The van der Waals surface area contributed by atoms with E-state index in [0.29, 0.717) is 18.8 Å². The largest absolute Gasteiger partial charge is 0.417 e. The molecule has 102 valence electrons. The fourth-order valence-electron chi connectivity index (χ4n) is 1.31. The molecule has 0 aliphatic carbocycles. The third-order valence-corrected chi connectivity index (χ3v) is 2.23. The van der Waals surface area contributed by atoms with Gasteiger partial charge < -0.3 is 15.2 Å². The summed E-state index contributed by atoms with van der Waals surface area (Å²) < 4.78 is 41.5. The minimum Gasteiger partial charge on any atom is -0.391 e. The third kappa shape index (κ3) is 4.89. The van der Waals surface area contributed by atoms with Gasteiger partial charge in [0.1, 0.15) is 5.82 Å². The van der Waals surface area contributed by atoms with Crippen LogP contribution in [0.5, 0.6) is 0 Å². The Morgan fingerprint density at radius 1 is 1.44 bits per heavy atom. The first-order valence-electron chi connectivity index (χ1n) is 5.37. The lowest BCUT2D eigenvalue weighted by molar-refractivity contribution is -0.137. The van der Waals surface area contributed by atoms with Crippen LogP contribution in [0.15, 0.2) is 18.3 Å². The van der Waals surface area contributed by atoms with Crippen molar-refractivity contribution in [2.24, 2.45) is 0 Å². The minimum absolute atomic E-state index is 0.224. The molecule has 0 aliphatic heterocycles. The monoisotopic (exact) mass is 264 g/mol. The molecule has 0 aromatic carbocycles. The van der Waals surface area contributed by atoms with Gasteiger partial charge in [-0.2, -0.15) is 13.2 Å². The van der Waals surface area contributed by atoms with Gasteiger partial charge in [0, 0.05) is 19.9 Å². The van der Waals surface area contributed by atoms with E-state index in [-0.39, 0.29) is 6.61 Å². The first kappa shape index (κ1) is 14.7.